The first-order valence-electron chi connectivity index (χ1n) is 9.09. The Hall–Kier alpha value is -3.36. The van der Waals surface area contributed by atoms with E-state index < -0.39 is 11.8 Å². The predicted molar refractivity (Wildman–Crippen MR) is 97.8 cm³/mol. The van der Waals surface area contributed by atoms with Crippen molar-refractivity contribution in [1.82, 2.24) is 14.9 Å². The van der Waals surface area contributed by atoms with Crippen LogP contribution in [-0.2, 0) is 4.79 Å². The van der Waals surface area contributed by atoms with Gasteiger partial charge in [-0.15, -0.1) is 0 Å². The number of aromatic amines is 1. The zero-order chi connectivity index (χ0) is 19.5. The van der Waals surface area contributed by atoms with Crippen molar-refractivity contribution in [2.45, 2.75) is 32.2 Å². The molecule has 9 nitrogen and oxygen atoms in total. The van der Waals surface area contributed by atoms with Crippen molar-refractivity contribution in [2.24, 2.45) is 5.41 Å². The molecule has 2 fully saturated rings. The molecule has 1 saturated heterocycles. The molecule has 1 spiro atoms. The number of H-pyrrole nitrogens is 1. The molecule has 0 unspecified atom stereocenters. The van der Waals surface area contributed by atoms with Gasteiger partial charge in [-0.1, -0.05) is 0 Å². The van der Waals surface area contributed by atoms with Crippen molar-refractivity contribution in [1.29, 1.82) is 0 Å². The molecule has 1 aromatic carbocycles. The number of aromatic nitrogens is 2. The highest BCUT2D eigenvalue weighted by molar-refractivity contribution is 6.01. The van der Waals surface area contributed by atoms with Gasteiger partial charge in [0.25, 0.3) is 5.91 Å². The van der Waals surface area contributed by atoms with Gasteiger partial charge < -0.3 is 19.1 Å². The molecule has 2 amide bonds. The number of carbonyl (C=O) groups excluding carboxylic acids is 2. The van der Waals surface area contributed by atoms with Gasteiger partial charge in [0, 0.05) is 12.2 Å². The summed E-state index contributed by atoms with van der Waals surface area (Å²) in [5.74, 6) is -0.954. The summed E-state index contributed by atoms with van der Waals surface area (Å²) in [6.45, 7) is 2.24. The second kappa shape index (κ2) is 5.82. The number of benzene rings is 1. The fraction of sp³-hybridized carbons (Fsp3) is 0.368. The number of fused-ring (bicyclic) bond motifs is 1. The number of likely N-dealkylation sites (tertiary alicyclic amines) is 1. The number of aryl methyl sites for hydroxylation is 1. The molecule has 2 aromatic heterocycles. The summed E-state index contributed by atoms with van der Waals surface area (Å²) in [5.41, 5.74) is 1.98. The zero-order valence-corrected chi connectivity index (χ0v) is 15.2. The van der Waals surface area contributed by atoms with Gasteiger partial charge in [0.1, 0.15) is 6.04 Å². The minimum Gasteiger partial charge on any atom is -0.438 e. The quantitative estimate of drug-likeness (QED) is 0.715. The van der Waals surface area contributed by atoms with E-state index in [2.05, 4.69) is 15.3 Å². The van der Waals surface area contributed by atoms with Gasteiger partial charge in [0.05, 0.1) is 11.2 Å². The van der Waals surface area contributed by atoms with Crippen molar-refractivity contribution in [3.63, 3.8) is 0 Å². The summed E-state index contributed by atoms with van der Waals surface area (Å²) < 4.78 is 10.2. The molecule has 1 saturated carbocycles. The third-order valence-electron chi connectivity index (χ3n) is 5.66. The van der Waals surface area contributed by atoms with E-state index in [9.17, 15) is 14.4 Å². The smallest absolute Gasteiger partial charge is 0.417 e. The van der Waals surface area contributed by atoms with Crippen LogP contribution in [0, 0.1) is 12.3 Å². The maximum atomic E-state index is 13.0. The van der Waals surface area contributed by atoms with Crippen LogP contribution in [0.2, 0.25) is 0 Å². The Kier molecular flexibility index (Phi) is 3.49. The third kappa shape index (κ3) is 2.70. The molecule has 1 aliphatic heterocycles. The van der Waals surface area contributed by atoms with Crippen molar-refractivity contribution in [3.05, 3.63) is 46.6 Å². The molecule has 1 atom stereocenters. The average Bonchev–Trinajstić information content (AvgIpc) is 2.97. The van der Waals surface area contributed by atoms with Crippen molar-refractivity contribution in [3.8, 4) is 0 Å². The largest absolute Gasteiger partial charge is 0.438 e. The molecule has 2 N–H and O–H groups in total. The van der Waals surface area contributed by atoms with E-state index in [1.165, 1.54) is 6.39 Å². The van der Waals surface area contributed by atoms with E-state index in [1.807, 2.05) is 0 Å². The first-order valence-corrected chi connectivity index (χ1v) is 9.09. The lowest BCUT2D eigenvalue weighted by atomic mass is 10.0. The Bertz CT molecular complexity index is 1150. The summed E-state index contributed by atoms with van der Waals surface area (Å²) in [6.07, 6.45) is 3.89. The van der Waals surface area contributed by atoms with Crippen LogP contribution in [0.25, 0.3) is 11.1 Å². The number of rotatable bonds is 3. The highest BCUT2D eigenvalue weighted by Gasteiger charge is 2.55. The van der Waals surface area contributed by atoms with E-state index in [4.69, 9.17) is 8.83 Å². The zero-order valence-electron chi connectivity index (χ0n) is 15.2. The fourth-order valence-corrected chi connectivity index (χ4v) is 3.94. The van der Waals surface area contributed by atoms with E-state index >= 15 is 0 Å². The van der Waals surface area contributed by atoms with E-state index in [0.717, 1.165) is 12.8 Å². The normalized spacial score (nSPS) is 20.0. The molecule has 2 aliphatic rings. The van der Waals surface area contributed by atoms with Crippen molar-refractivity contribution < 1.29 is 18.4 Å². The molecule has 0 radical (unpaired) electrons. The molecular weight excluding hydrogens is 364 g/mol. The molecule has 3 heterocycles. The van der Waals surface area contributed by atoms with Crippen LogP contribution in [0.4, 0.5) is 5.69 Å². The first-order chi connectivity index (χ1) is 13.4. The average molecular weight is 382 g/mol. The Morgan fingerprint density at radius 3 is 2.89 bits per heavy atom. The van der Waals surface area contributed by atoms with Gasteiger partial charge in [-0.2, -0.15) is 0 Å². The lowest BCUT2D eigenvalue weighted by molar-refractivity contribution is -0.119. The van der Waals surface area contributed by atoms with Gasteiger partial charge in [0.2, 0.25) is 11.7 Å². The van der Waals surface area contributed by atoms with Crippen molar-refractivity contribution >= 4 is 28.6 Å². The van der Waals surface area contributed by atoms with Gasteiger partial charge >= 0.3 is 5.76 Å². The van der Waals surface area contributed by atoms with Gasteiger partial charge in [0.15, 0.2) is 12.0 Å². The number of nitrogens with zero attached hydrogens (tertiary/aromatic N) is 2. The molecular formula is C19H18N4O5. The topological polar surface area (TPSA) is 121 Å². The molecule has 28 heavy (non-hydrogen) atoms. The summed E-state index contributed by atoms with van der Waals surface area (Å²) in [6, 6.07) is 4.32. The highest BCUT2D eigenvalue weighted by Crippen LogP contribution is 2.55. The standard InChI is InChI=1S/C19H18N4O5/c1-10-15(27-9-20-10)17(25)23-8-19(4-5-19)7-13(23)16(24)21-11-2-3-14-12(6-11)22-18(26)28-14/h2-3,6,9,13H,4-5,7-8H2,1H3,(H,21,24)(H,22,26)/t13-/m1/s1. The Morgan fingerprint density at radius 2 is 2.18 bits per heavy atom. The van der Waals surface area contributed by atoms with E-state index in [-0.39, 0.29) is 23.0 Å². The number of anilines is 1. The summed E-state index contributed by atoms with van der Waals surface area (Å²) in [4.78, 5) is 45.4. The van der Waals surface area contributed by atoms with Gasteiger partial charge in [-0.3, -0.25) is 14.6 Å². The van der Waals surface area contributed by atoms with Crippen LogP contribution < -0.4 is 11.1 Å². The lowest BCUT2D eigenvalue weighted by Crippen LogP contribution is -2.43. The molecule has 9 heteroatoms. The number of hydrogen-bond donors (Lipinski definition) is 2. The number of oxazole rings is 2. The SMILES string of the molecule is Cc1ncoc1C(=O)N1CC2(CC2)C[C@@H]1C(=O)Nc1ccc2oc(=O)[nH]c2c1. The molecule has 0 bridgehead atoms. The minimum atomic E-state index is -0.585. The monoisotopic (exact) mass is 382 g/mol. The minimum absolute atomic E-state index is 0.0331. The van der Waals surface area contributed by atoms with Crippen LogP contribution in [-0.4, -0.2) is 39.3 Å². The van der Waals surface area contributed by atoms with Crippen LogP contribution in [0.1, 0.15) is 35.5 Å². The third-order valence-corrected chi connectivity index (χ3v) is 5.66. The van der Waals surface area contributed by atoms with Gasteiger partial charge in [-0.25, -0.2) is 9.78 Å². The molecule has 5 rings (SSSR count). The van der Waals surface area contributed by atoms with Crippen LogP contribution in [0.5, 0.6) is 0 Å². The summed E-state index contributed by atoms with van der Waals surface area (Å²) in [5, 5.41) is 2.85. The molecule has 3 aromatic rings. The molecule has 1 aliphatic carbocycles. The summed E-state index contributed by atoms with van der Waals surface area (Å²) >= 11 is 0. The fourth-order valence-electron chi connectivity index (χ4n) is 3.94. The maximum absolute atomic E-state index is 13.0. The Balaban J connectivity index is 1.40. The van der Waals surface area contributed by atoms with Gasteiger partial charge in [-0.05, 0) is 49.8 Å². The van der Waals surface area contributed by atoms with E-state index in [0.29, 0.717) is 35.4 Å². The van der Waals surface area contributed by atoms with Crippen LogP contribution in [0.15, 0.2) is 38.2 Å². The predicted octanol–water partition coefficient (Wildman–Crippen LogP) is 2.05. The second-order valence-corrected chi connectivity index (χ2v) is 7.63. The number of amides is 2. The maximum Gasteiger partial charge on any atom is 0.417 e. The number of carbonyl (C=O) groups is 2. The lowest BCUT2D eigenvalue weighted by Gasteiger charge is -2.23. The van der Waals surface area contributed by atoms with E-state index in [1.54, 1.807) is 30.0 Å². The number of hydrogen-bond acceptors (Lipinski definition) is 6. The first kappa shape index (κ1) is 16.8. The highest BCUT2D eigenvalue weighted by atomic mass is 16.4. The summed E-state index contributed by atoms with van der Waals surface area (Å²) in [7, 11) is 0. The number of nitrogens with one attached hydrogen (secondary N) is 2. The Morgan fingerprint density at radius 1 is 1.36 bits per heavy atom. The van der Waals surface area contributed by atoms with Crippen molar-refractivity contribution in [2.75, 3.05) is 11.9 Å². The van der Waals surface area contributed by atoms with Crippen LogP contribution >= 0.6 is 0 Å². The Labute approximate surface area is 158 Å². The molecule has 144 valence electrons. The van der Waals surface area contributed by atoms with Crippen LogP contribution in [0.3, 0.4) is 0 Å². The second-order valence-electron chi connectivity index (χ2n) is 7.63.